The number of aryl methyl sites for hydroxylation is 2. The van der Waals surface area contributed by atoms with Crippen LogP contribution < -0.4 is 5.32 Å². The normalized spacial score (nSPS) is 10.9. The van der Waals surface area contributed by atoms with Gasteiger partial charge in [0.25, 0.3) is 0 Å². The average Bonchev–Trinajstić information content (AvgIpc) is 2.41. The number of halogens is 1. The summed E-state index contributed by atoms with van der Waals surface area (Å²) in [6.45, 7) is 8.08. The number of hydrogen-bond donors (Lipinski definition) is 1. The van der Waals surface area contributed by atoms with Crippen LogP contribution in [0.1, 0.15) is 30.2 Å². The minimum Gasteiger partial charge on any atom is -0.313 e. The van der Waals surface area contributed by atoms with Crippen molar-refractivity contribution in [3.05, 3.63) is 52.2 Å². The van der Waals surface area contributed by atoms with Crippen LogP contribution in [0.4, 0.5) is 0 Å². The van der Waals surface area contributed by atoms with E-state index in [1.165, 1.54) is 10.5 Å². The van der Waals surface area contributed by atoms with Gasteiger partial charge in [-0.05, 0) is 62.2 Å². The van der Waals surface area contributed by atoms with Gasteiger partial charge in [-0.1, -0.05) is 36.4 Å². The first-order valence-corrected chi connectivity index (χ1v) is 8.41. The van der Waals surface area contributed by atoms with E-state index in [1.54, 1.807) is 11.8 Å². The van der Waals surface area contributed by atoms with E-state index in [2.05, 4.69) is 42.3 Å². The molecule has 1 heterocycles. The monoisotopic (exact) mass is 320 g/mol. The zero-order chi connectivity index (χ0) is 15.2. The van der Waals surface area contributed by atoms with Gasteiger partial charge in [0.05, 0.1) is 0 Å². The minimum atomic E-state index is 0.792. The highest BCUT2D eigenvalue weighted by Crippen LogP contribution is 2.33. The van der Waals surface area contributed by atoms with Gasteiger partial charge in [-0.15, -0.1) is 0 Å². The van der Waals surface area contributed by atoms with Gasteiger partial charge in [-0.25, -0.2) is 4.98 Å². The second kappa shape index (κ2) is 7.83. The van der Waals surface area contributed by atoms with E-state index < -0.39 is 0 Å². The third kappa shape index (κ3) is 4.73. The summed E-state index contributed by atoms with van der Waals surface area (Å²) in [4.78, 5) is 5.77. The molecule has 0 aliphatic carbocycles. The average molecular weight is 321 g/mol. The minimum absolute atomic E-state index is 0.792. The Morgan fingerprint density at radius 3 is 2.76 bits per heavy atom. The summed E-state index contributed by atoms with van der Waals surface area (Å²) in [6, 6.07) is 10.3. The SMILES string of the molecule is CCCNCc1c(Cl)cccc1Sc1cc(C)cc(C)n1. The fraction of sp³-hybridized carbons (Fsp3) is 0.353. The largest absolute Gasteiger partial charge is 0.313 e. The van der Waals surface area contributed by atoms with Gasteiger partial charge in [0.1, 0.15) is 5.03 Å². The summed E-state index contributed by atoms with van der Waals surface area (Å²) in [5.41, 5.74) is 3.43. The fourth-order valence-corrected chi connectivity index (χ4v) is 3.57. The lowest BCUT2D eigenvalue weighted by molar-refractivity contribution is 0.669. The van der Waals surface area contributed by atoms with Crippen LogP contribution in [0.25, 0.3) is 0 Å². The smallest absolute Gasteiger partial charge is 0.101 e. The van der Waals surface area contributed by atoms with Crippen molar-refractivity contribution < 1.29 is 0 Å². The highest BCUT2D eigenvalue weighted by molar-refractivity contribution is 7.99. The van der Waals surface area contributed by atoms with Crippen molar-refractivity contribution in [2.45, 2.75) is 43.7 Å². The molecule has 1 N–H and O–H groups in total. The molecular weight excluding hydrogens is 300 g/mol. The number of aromatic nitrogens is 1. The molecule has 0 spiro atoms. The van der Waals surface area contributed by atoms with Gasteiger partial charge in [0.15, 0.2) is 0 Å². The summed E-state index contributed by atoms with van der Waals surface area (Å²) >= 11 is 8.04. The second-order valence-electron chi connectivity index (χ2n) is 5.12. The molecule has 1 aromatic heterocycles. The van der Waals surface area contributed by atoms with E-state index >= 15 is 0 Å². The lowest BCUT2D eigenvalue weighted by Crippen LogP contribution is -2.14. The molecule has 0 amide bonds. The van der Waals surface area contributed by atoms with Crippen LogP contribution in [0.15, 0.2) is 40.3 Å². The Bertz CT molecular complexity index is 593. The van der Waals surface area contributed by atoms with Crippen molar-refractivity contribution in [3.63, 3.8) is 0 Å². The van der Waals surface area contributed by atoms with Crippen molar-refractivity contribution in [1.82, 2.24) is 10.3 Å². The fourth-order valence-electron chi connectivity index (χ4n) is 2.17. The van der Waals surface area contributed by atoms with E-state index in [9.17, 15) is 0 Å². The molecule has 0 saturated carbocycles. The molecule has 0 bridgehead atoms. The van der Waals surface area contributed by atoms with Gasteiger partial charge in [0, 0.05) is 22.2 Å². The Morgan fingerprint density at radius 2 is 2.05 bits per heavy atom. The van der Waals surface area contributed by atoms with Crippen LogP contribution in [0.2, 0.25) is 5.02 Å². The van der Waals surface area contributed by atoms with Gasteiger partial charge in [-0.2, -0.15) is 0 Å². The van der Waals surface area contributed by atoms with E-state index in [1.807, 2.05) is 19.1 Å². The number of nitrogens with one attached hydrogen (secondary N) is 1. The first-order chi connectivity index (χ1) is 10.1. The van der Waals surface area contributed by atoms with Crippen LogP contribution in [0.5, 0.6) is 0 Å². The Morgan fingerprint density at radius 1 is 1.24 bits per heavy atom. The van der Waals surface area contributed by atoms with E-state index in [-0.39, 0.29) is 0 Å². The summed E-state index contributed by atoms with van der Waals surface area (Å²) in [7, 11) is 0. The molecule has 0 atom stereocenters. The summed E-state index contributed by atoms with van der Waals surface area (Å²) in [5, 5.41) is 5.26. The maximum absolute atomic E-state index is 6.36. The molecule has 21 heavy (non-hydrogen) atoms. The van der Waals surface area contributed by atoms with Crippen LogP contribution in [-0.2, 0) is 6.54 Å². The Balaban J connectivity index is 2.24. The van der Waals surface area contributed by atoms with Crippen molar-refractivity contribution in [2.75, 3.05) is 6.54 Å². The quantitative estimate of drug-likeness (QED) is 0.758. The van der Waals surface area contributed by atoms with Gasteiger partial charge < -0.3 is 5.32 Å². The number of nitrogens with zero attached hydrogens (tertiary/aromatic N) is 1. The zero-order valence-corrected chi connectivity index (χ0v) is 14.3. The van der Waals surface area contributed by atoms with Crippen LogP contribution in [0.3, 0.4) is 0 Å². The zero-order valence-electron chi connectivity index (χ0n) is 12.7. The maximum Gasteiger partial charge on any atom is 0.101 e. The Kier molecular flexibility index (Phi) is 6.09. The molecule has 1 aromatic carbocycles. The molecule has 2 nitrogen and oxygen atoms in total. The van der Waals surface area contributed by atoms with Crippen molar-refractivity contribution in [3.8, 4) is 0 Å². The molecule has 112 valence electrons. The van der Waals surface area contributed by atoms with Crippen molar-refractivity contribution in [1.29, 1.82) is 0 Å². The number of benzene rings is 1. The summed E-state index contributed by atoms with van der Waals surface area (Å²) < 4.78 is 0. The maximum atomic E-state index is 6.36. The second-order valence-corrected chi connectivity index (χ2v) is 6.59. The number of rotatable bonds is 6. The highest BCUT2D eigenvalue weighted by Gasteiger charge is 2.09. The van der Waals surface area contributed by atoms with E-state index in [0.717, 1.165) is 40.8 Å². The predicted molar refractivity (Wildman–Crippen MR) is 91.3 cm³/mol. The first kappa shape index (κ1) is 16.3. The van der Waals surface area contributed by atoms with Crippen LogP contribution >= 0.6 is 23.4 Å². The molecule has 4 heteroatoms. The van der Waals surface area contributed by atoms with Gasteiger partial charge in [-0.3, -0.25) is 0 Å². The molecule has 0 radical (unpaired) electrons. The molecule has 2 aromatic rings. The lowest BCUT2D eigenvalue weighted by atomic mass is 10.2. The summed E-state index contributed by atoms with van der Waals surface area (Å²) in [5.74, 6) is 0. The molecule has 0 saturated heterocycles. The van der Waals surface area contributed by atoms with Crippen LogP contribution in [-0.4, -0.2) is 11.5 Å². The molecular formula is C17H21ClN2S. The van der Waals surface area contributed by atoms with Gasteiger partial charge in [0.2, 0.25) is 0 Å². The van der Waals surface area contributed by atoms with Gasteiger partial charge >= 0.3 is 0 Å². The number of pyridine rings is 1. The Hall–Kier alpha value is -1.03. The van der Waals surface area contributed by atoms with E-state index in [0.29, 0.717) is 0 Å². The molecule has 0 aliphatic heterocycles. The number of hydrogen-bond acceptors (Lipinski definition) is 3. The first-order valence-electron chi connectivity index (χ1n) is 7.21. The highest BCUT2D eigenvalue weighted by atomic mass is 35.5. The van der Waals surface area contributed by atoms with Crippen molar-refractivity contribution in [2.24, 2.45) is 0 Å². The molecule has 0 aliphatic rings. The Labute approximate surface area is 136 Å². The predicted octanol–water partition coefficient (Wildman–Crippen LogP) is 5.00. The molecule has 0 unspecified atom stereocenters. The molecule has 2 rings (SSSR count). The van der Waals surface area contributed by atoms with E-state index in [4.69, 9.17) is 11.6 Å². The topological polar surface area (TPSA) is 24.9 Å². The third-order valence-electron chi connectivity index (χ3n) is 3.09. The van der Waals surface area contributed by atoms with Crippen molar-refractivity contribution >= 4 is 23.4 Å². The lowest BCUT2D eigenvalue weighted by Gasteiger charge is -2.12. The third-order valence-corrected chi connectivity index (χ3v) is 4.47. The van der Waals surface area contributed by atoms with Crippen LogP contribution in [0, 0.1) is 13.8 Å². The molecule has 0 fully saturated rings. The summed E-state index contributed by atoms with van der Waals surface area (Å²) in [6.07, 6.45) is 1.12. The standard InChI is InChI=1S/C17H21ClN2S/c1-4-8-19-11-14-15(18)6-5-7-16(14)21-17-10-12(2)9-13(3)20-17/h5-7,9-10,19H,4,8,11H2,1-3H3.